The number of aryl methyl sites for hydroxylation is 1. The zero-order chi connectivity index (χ0) is 23.9. The molecule has 2 aromatic carbocycles. The molecular weight excluding hydrogens is 459 g/mol. The van der Waals surface area contributed by atoms with Crippen molar-refractivity contribution >= 4 is 27.5 Å². The number of likely N-dealkylation sites (tertiary alicyclic amines) is 1. The standard InChI is InChI=1S/C26H22F3N3OS/c1-16-30-23-14-18(10-11-24(23)34-16)25(33)32-12-4-6-19(15-32)22-9-3-8-21(31-22)17-5-2-7-20(13-17)26(27,28)29/h2-3,5,7-11,13-14,19H,4,6,12,15H2,1H3/t19-/m0/s1. The van der Waals surface area contributed by atoms with Crippen LogP contribution in [0, 0.1) is 6.92 Å². The average Bonchev–Trinajstić information content (AvgIpc) is 3.22. The molecule has 4 nitrogen and oxygen atoms in total. The topological polar surface area (TPSA) is 46.1 Å². The number of nitrogens with zero attached hydrogens (tertiary/aromatic N) is 3. The number of aromatic nitrogens is 2. The summed E-state index contributed by atoms with van der Waals surface area (Å²) < 4.78 is 40.5. The molecule has 4 aromatic rings. The molecule has 0 N–H and O–H groups in total. The average molecular weight is 482 g/mol. The van der Waals surface area contributed by atoms with Crippen LogP contribution in [-0.4, -0.2) is 33.9 Å². The van der Waals surface area contributed by atoms with Crippen LogP contribution in [-0.2, 0) is 6.18 Å². The molecule has 0 radical (unpaired) electrons. The van der Waals surface area contributed by atoms with Gasteiger partial charge in [-0.05, 0) is 62.2 Å². The molecule has 1 atom stereocenters. The van der Waals surface area contributed by atoms with Gasteiger partial charge in [0.25, 0.3) is 5.91 Å². The van der Waals surface area contributed by atoms with E-state index in [-0.39, 0.29) is 11.8 Å². The summed E-state index contributed by atoms with van der Waals surface area (Å²) in [6.07, 6.45) is -2.70. The molecule has 34 heavy (non-hydrogen) atoms. The van der Waals surface area contributed by atoms with Gasteiger partial charge in [0.05, 0.1) is 26.5 Å². The third-order valence-corrected chi connectivity index (χ3v) is 7.08. The zero-order valence-electron chi connectivity index (χ0n) is 18.5. The second kappa shape index (κ2) is 8.83. The van der Waals surface area contributed by atoms with E-state index in [9.17, 15) is 18.0 Å². The van der Waals surface area contributed by atoms with E-state index in [1.165, 1.54) is 6.07 Å². The van der Waals surface area contributed by atoms with Gasteiger partial charge in [-0.25, -0.2) is 4.98 Å². The van der Waals surface area contributed by atoms with Crippen LogP contribution in [0.2, 0.25) is 0 Å². The van der Waals surface area contributed by atoms with Crippen LogP contribution in [0.1, 0.15) is 45.4 Å². The molecule has 174 valence electrons. The smallest absolute Gasteiger partial charge is 0.338 e. The second-order valence-corrected chi connectivity index (χ2v) is 9.77. The van der Waals surface area contributed by atoms with Crippen molar-refractivity contribution in [3.05, 3.63) is 82.5 Å². The summed E-state index contributed by atoms with van der Waals surface area (Å²) in [5, 5.41) is 0.962. The fourth-order valence-corrected chi connectivity index (χ4v) is 5.26. The van der Waals surface area contributed by atoms with Crippen molar-refractivity contribution in [2.45, 2.75) is 31.9 Å². The molecule has 0 aliphatic carbocycles. The number of piperidine rings is 1. The summed E-state index contributed by atoms with van der Waals surface area (Å²) in [4.78, 5) is 24.2. The van der Waals surface area contributed by atoms with E-state index < -0.39 is 11.7 Å². The molecule has 3 heterocycles. The van der Waals surface area contributed by atoms with E-state index in [1.54, 1.807) is 23.5 Å². The van der Waals surface area contributed by atoms with Gasteiger partial charge in [0.1, 0.15) is 0 Å². The minimum Gasteiger partial charge on any atom is -0.338 e. The van der Waals surface area contributed by atoms with E-state index >= 15 is 0 Å². The Hall–Kier alpha value is -3.26. The number of alkyl halides is 3. The number of carbonyl (C=O) groups excluding carboxylic acids is 1. The number of thiazole rings is 1. The Labute approximate surface area is 199 Å². The summed E-state index contributed by atoms with van der Waals surface area (Å²) in [5.41, 5.74) is 2.46. The van der Waals surface area contributed by atoms with Gasteiger partial charge in [-0.2, -0.15) is 13.2 Å². The first-order valence-corrected chi connectivity index (χ1v) is 11.9. The van der Waals surface area contributed by atoms with Crippen LogP contribution in [0.4, 0.5) is 13.2 Å². The first kappa shape index (κ1) is 22.5. The minimum absolute atomic E-state index is 0.0219. The number of carbonyl (C=O) groups is 1. The normalized spacial score (nSPS) is 16.7. The number of rotatable bonds is 3. The summed E-state index contributed by atoms with van der Waals surface area (Å²) in [5.74, 6) is -0.0139. The maximum Gasteiger partial charge on any atom is 0.416 e. The zero-order valence-corrected chi connectivity index (χ0v) is 19.3. The highest BCUT2D eigenvalue weighted by molar-refractivity contribution is 7.18. The maximum absolute atomic E-state index is 13.2. The Kier molecular flexibility index (Phi) is 5.85. The Bertz CT molecular complexity index is 1360. The van der Waals surface area contributed by atoms with E-state index in [0.717, 1.165) is 45.9 Å². The molecule has 1 aliphatic rings. The predicted octanol–water partition coefficient (Wildman–Crippen LogP) is 6.71. The maximum atomic E-state index is 13.2. The lowest BCUT2D eigenvalue weighted by molar-refractivity contribution is -0.137. The van der Waals surface area contributed by atoms with Gasteiger partial charge in [0, 0.05) is 35.8 Å². The van der Waals surface area contributed by atoms with E-state index in [2.05, 4.69) is 9.97 Å². The predicted molar refractivity (Wildman–Crippen MR) is 127 cm³/mol. The van der Waals surface area contributed by atoms with Gasteiger partial charge in [0.15, 0.2) is 0 Å². The highest BCUT2D eigenvalue weighted by Crippen LogP contribution is 2.33. The molecular formula is C26H22F3N3OS. The second-order valence-electron chi connectivity index (χ2n) is 8.53. The Morgan fingerprint density at radius 3 is 2.71 bits per heavy atom. The van der Waals surface area contributed by atoms with Crippen LogP contribution < -0.4 is 0 Å². The fraction of sp³-hybridized carbons (Fsp3) is 0.269. The molecule has 0 saturated carbocycles. The Balaban J connectivity index is 1.37. The summed E-state index contributed by atoms with van der Waals surface area (Å²) >= 11 is 1.60. The molecule has 8 heteroatoms. The fourth-order valence-electron chi connectivity index (χ4n) is 4.46. The third-order valence-electron chi connectivity index (χ3n) is 6.12. The molecule has 1 saturated heterocycles. The summed E-state index contributed by atoms with van der Waals surface area (Å²) in [7, 11) is 0. The molecule has 1 fully saturated rings. The van der Waals surface area contributed by atoms with Crippen LogP contribution in [0.5, 0.6) is 0 Å². The lowest BCUT2D eigenvalue weighted by atomic mass is 9.93. The Morgan fingerprint density at radius 1 is 1.06 bits per heavy atom. The van der Waals surface area contributed by atoms with Crippen molar-refractivity contribution in [3.63, 3.8) is 0 Å². The van der Waals surface area contributed by atoms with Crippen molar-refractivity contribution in [1.29, 1.82) is 0 Å². The number of halogens is 3. The van der Waals surface area contributed by atoms with Crippen molar-refractivity contribution in [2.24, 2.45) is 0 Å². The number of hydrogen-bond donors (Lipinski definition) is 0. The monoisotopic (exact) mass is 481 g/mol. The number of fused-ring (bicyclic) bond motifs is 1. The molecule has 2 aromatic heterocycles. The van der Waals surface area contributed by atoms with Crippen LogP contribution >= 0.6 is 11.3 Å². The largest absolute Gasteiger partial charge is 0.416 e. The number of amides is 1. The molecule has 1 amide bonds. The molecule has 0 bridgehead atoms. The first-order valence-electron chi connectivity index (χ1n) is 11.1. The summed E-state index contributed by atoms with van der Waals surface area (Å²) in [6.45, 7) is 3.13. The molecule has 5 rings (SSSR count). The van der Waals surface area contributed by atoms with Crippen LogP contribution in [0.25, 0.3) is 21.5 Å². The molecule has 1 aliphatic heterocycles. The number of hydrogen-bond acceptors (Lipinski definition) is 4. The van der Waals surface area contributed by atoms with Gasteiger partial charge in [-0.3, -0.25) is 9.78 Å². The van der Waals surface area contributed by atoms with Gasteiger partial charge < -0.3 is 4.90 Å². The quantitative estimate of drug-likeness (QED) is 0.327. The minimum atomic E-state index is -4.40. The van der Waals surface area contributed by atoms with Crippen molar-refractivity contribution in [1.82, 2.24) is 14.9 Å². The third kappa shape index (κ3) is 4.55. The number of benzene rings is 2. The lowest BCUT2D eigenvalue weighted by Gasteiger charge is -2.32. The van der Waals surface area contributed by atoms with Crippen LogP contribution in [0.3, 0.4) is 0 Å². The van der Waals surface area contributed by atoms with Crippen molar-refractivity contribution in [2.75, 3.05) is 13.1 Å². The van der Waals surface area contributed by atoms with Gasteiger partial charge >= 0.3 is 6.18 Å². The molecule has 0 unspecified atom stereocenters. The lowest BCUT2D eigenvalue weighted by Crippen LogP contribution is -2.39. The summed E-state index contributed by atoms with van der Waals surface area (Å²) in [6, 6.07) is 16.3. The van der Waals surface area contributed by atoms with Gasteiger partial charge in [-0.15, -0.1) is 11.3 Å². The van der Waals surface area contributed by atoms with E-state index in [1.807, 2.05) is 42.2 Å². The highest BCUT2D eigenvalue weighted by Gasteiger charge is 2.31. The first-order chi connectivity index (χ1) is 16.3. The van der Waals surface area contributed by atoms with Gasteiger partial charge in [0.2, 0.25) is 0 Å². The van der Waals surface area contributed by atoms with Crippen LogP contribution in [0.15, 0.2) is 60.7 Å². The highest BCUT2D eigenvalue weighted by atomic mass is 32.1. The number of pyridine rings is 1. The Morgan fingerprint density at radius 2 is 1.88 bits per heavy atom. The van der Waals surface area contributed by atoms with Crippen molar-refractivity contribution < 1.29 is 18.0 Å². The SMILES string of the molecule is Cc1nc2cc(C(=O)N3CCC[C@H](c4cccc(-c5cccc(C(F)(F)F)c5)n4)C3)ccc2s1. The van der Waals surface area contributed by atoms with Gasteiger partial charge in [-0.1, -0.05) is 18.2 Å². The van der Waals surface area contributed by atoms with Crippen molar-refractivity contribution in [3.8, 4) is 11.3 Å². The van der Waals surface area contributed by atoms with E-state index in [0.29, 0.717) is 29.9 Å². The molecule has 0 spiro atoms. The van der Waals surface area contributed by atoms with E-state index in [4.69, 9.17) is 0 Å².